The molecule has 1 saturated carbocycles. The highest BCUT2D eigenvalue weighted by Gasteiger charge is 2.42. The fourth-order valence-electron chi connectivity index (χ4n) is 6.74. The number of hydrogen-bond donors (Lipinski definition) is 1. The van der Waals surface area contributed by atoms with Crippen molar-refractivity contribution in [1.82, 2.24) is 4.90 Å². The van der Waals surface area contributed by atoms with Crippen molar-refractivity contribution in [1.29, 1.82) is 0 Å². The van der Waals surface area contributed by atoms with Gasteiger partial charge in [0, 0.05) is 39.8 Å². The van der Waals surface area contributed by atoms with Crippen LogP contribution in [0.4, 0.5) is 11.4 Å². The van der Waals surface area contributed by atoms with E-state index in [1.165, 1.54) is 35.3 Å². The Balaban J connectivity index is 1.36. The Bertz CT molecular complexity index is 1650. The first-order valence-electron chi connectivity index (χ1n) is 13.1. The van der Waals surface area contributed by atoms with Crippen molar-refractivity contribution in [2.45, 2.75) is 38.1 Å². The number of hydrogen-bond acceptors (Lipinski definition) is 4. The van der Waals surface area contributed by atoms with Crippen LogP contribution in [0.2, 0.25) is 0 Å². The van der Waals surface area contributed by atoms with E-state index in [1.54, 1.807) is 18.2 Å². The van der Waals surface area contributed by atoms with Crippen LogP contribution in [0.1, 0.15) is 57.0 Å². The Kier molecular flexibility index (Phi) is 4.95. The van der Waals surface area contributed by atoms with E-state index in [0.717, 1.165) is 27.8 Å². The number of anilines is 2. The van der Waals surface area contributed by atoms with Crippen LogP contribution in [0.25, 0.3) is 21.9 Å². The number of carboxylic acids is 1. The van der Waals surface area contributed by atoms with Gasteiger partial charge in [-0.25, -0.2) is 0 Å². The molecule has 6 nitrogen and oxygen atoms in total. The van der Waals surface area contributed by atoms with Gasteiger partial charge in [0.25, 0.3) is 11.8 Å². The van der Waals surface area contributed by atoms with Gasteiger partial charge in [-0.1, -0.05) is 48.4 Å². The zero-order valence-electron chi connectivity index (χ0n) is 21.0. The first-order chi connectivity index (χ1) is 18.4. The number of amides is 2. The number of aryl methyl sites for hydroxylation is 1. The number of carbonyl (C=O) groups excluding carboxylic acids is 2. The zero-order chi connectivity index (χ0) is 26.1. The molecular weight excluding hydrogens is 476 g/mol. The van der Waals surface area contributed by atoms with E-state index in [-0.39, 0.29) is 0 Å². The van der Waals surface area contributed by atoms with E-state index in [1.807, 2.05) is 12.1 Å². The number of rotatable bonds is 4. The van der Waals surface area contributed by atoms with E-state index in [0.29, 0.717) is 28.5 Å². The molecule has 7 rings (SSSR count). The van der Waals surface area contributed by atoms with Gasteiger partial charge in [-0.3, -0.25) is 19.3 Å². The first-order valence-corrected chi connectivity index (χ1v) is 13.1. The van der Waals surface area contributed by atoms with Crippen LogP contribution in [0, 0.1) is 6.92 Å². The van der Waals surface area contributed by atoms with Gasteiger partial charge in [0.2, 0.25) is 0 Å². The number of imide groups is 1. The van der Waals surface area contributed by atoms with Gasteiger partial charge in [0.05, 0.1) is 0 Å². The van der Waals surface area contributed by atoms with Gasteiger partial charge >= 0.3 is 5.97 Å². The molecule has 0 aromatic heterocycles. The highest BCUT2D eigenvalue weighted by molar-refractivity contribution is 6.27. The monoisotopic (exact) mass is 502 g/mol. The summed E-state index contributed by atoms with van der Waals surface area (Å²) in [5.41, 5.74) is 7.82. The maximum absolute atomic E-state index is 13.1. The number of aliphatic carboxylic acids is 1. The Morgan fingerprint density at radius 1 is 0.895 bits per heavy atom. The lowest BCUT2D eigenvalue weighted by Crippen LogP contribution is -2.43. The number of benzene rings is 4. The third kappa shape index (κ3) is 3.23. The molecule has 1 aliphatic carbocycles. The lowest BCUT2D eigenvalue weighted by molar-refractivity contribution is -0.137. The van der Waals surface area contributed by atoms with Crippen LogP contribution in [-0.2, 0) is 4.79 Å². The molecule has 4 aromatic rings. The van der Waals surface area contributed by atoms with Crippen molar-refractivity contribution in [2.75, 3.05) is 11.4 Å². The molecule has 2 amide bonds. The molecule has 0 bridgehead atoms. The molecule has 2 atom stereocenters. The fourth-order valence-corrected chi connectivity index (χ4v) is 6.74. The van der Waals surface area contributed by atoms with E-state index in [9.17, 15) is 19.5 Å². The van der Waals surface area contributed by atoms with E-state index in [4.69, 9.17) is 0 Å². The second kappa shape index (κ2) is 8.28. The molecule has 38 heavy (non-hydrogen) atoms. The van der Waals surface area contributed by atoms with Crippen LogP contribution >= 0.6 is 0 Å². The minimum Gasteiger partial charge on any atom is -0.480 e. The van der Waals surface area contributed by atoms with Gasteiger partial charge in [-0.15, -0.1) is 0 Å². The summed E-state index contributed by atoms with van der Waals surface area (Å²) in [6.45, 7) is 1.46. The van der Waals surface area contributed by atoms with E-state index >= 15 is 0 Å². The molecular formula is C32H26N2O4. The van der Waals surface area contributed by atoms with Crippen LogP contribution < -0.4 is 4.90 Å². The predicted octanol–water partition coefficient (Wildman–Crippen LogP) is 6.28. The fraction of sp³-hybridized carbons (Fsp3) is 0.219. The minimum atomic E-state index is -1.22. The molecule has 6 heteroatoms. The smallest absolute Gasteiger partial charge is 0.323 e. The van der Waals surface area contributed by atoms with Crippen LogP contribution in [0.3, 0.4) is 0 Å². The summed E-state index contributed by atoms with van der Waals surface area (Å²) in [6, 6.07) is 24.9. The molecule has 1 N–H and O–H groups in total. The minimum absolute atomic E-state index is 0.364. The highest BCUT2D eigenvalue weighted by atomic mass is 16.4. The topological polar surface area (TPSA) is 77.9 Å². The summed E-state index contributed by atoms with van der Waals surface area (Å²) in [5.74, 6) is -1.88. The van der Waals surface area contributed by atoms with Crippen molar-refractivity contribution in [2.24, 2.45) is 0 Å². The van der Waals surface area contributed by atoms with Gasteiger partial charge in [0.15, 0.2) is 0 Å². The summed E-state index contributed by atoms with van der Waals surface area (Å²) in [6.07, 6.45) is 3.54. The highest BCUT2D eigenvalue weighted by Crippen LogP contribution is 2.53. The summed E-state index contributed by atoms with van der Waals surface area (Å²) in [5, 5.41) is 10.7. The number of carboxylic acid groups (broad SMARTS) is 1. The van der Waals surface area contributed by atoms with Crippen molar-refractivity contribution in [3.63, 3.8) is 0 Å². The molecule has 3 aliphatic rings. The van der Waals surface area contributed by atoms with Crippen LogP contribution in [-0.4, -0.2) is 40.4 Å². The summed E-state index contributed by atoms with van der Waals surface area (Å²) < 4.78 is 0. The zero-order valence-corrected chi connectivity index (χ0v) is 21.0. The van der Waals surface area contributed by atoms with Gasteiger partial charge < -0.3 is 10.0 Å². The third-order valence-corrected chi connectivity index (χ3v) is 8.41. The van der Waals surface area contributed by atoms with Gasteiger partial charge in [-0.05, 0) is 78.2 Å². The lowest BCUT2D eigenvalue weighted by atomic mass is 9.87. The lowest BCUT2D eigenvalue weighted by Gasteiger charge is -2.27. The average Bonchev–Trinajstić information content (AvgIpc) is 3.51. The molecule has 2 unspecified atom stereocenters. The molecule has 188 valence electrons. The van der Waals surface area contributed by atoms with E-state index < -0.39 is 24.3 Å². The van der Waals surface area contributed by atoms with Crippen LogP contribution in [0.5, 0.6) is 0 Å². The van der Waals surface area contributed by atoms with Crippen molar-refractivity contribution in [3.8, 4) is 11.1 Å². The molecule has 0 radical (unpaired) electrons. The Morgan fingerprint density at radius 3 is 2.39 bits per heavy atom. The SMILES string of the molecule is Cc1ccc(N2c3ccc(-c4ccc5c6c(cccc46)C(=O)N(CC(=O)O)C5=O)cc3C3CCCC32)cc1. The predicted molar refractivity (Wildman–Crippen MR) is 146 cm³/mol. The average molecular weight is 503 g/mol. The van der Waals surface area contributed by atoms with Crippen molar-refractivity contribution < 1.29 is 19.5 Å². The third-order valence-electron chi connectivity index (χ3n) is 8.41. The van der Waals surface area contributed by atoms with Crippen LogP contribution in [0.15, 0.2) is 72.8 Å². The second-order valence-electron chi connectivity index (χ2n) is 10.6. The summed E-state index contributed by atoms with van der Waals surface area (Å²) >= 11 is 0. The maximum atomic E-state index is 13.1. The Hall–Kier alpha value is -4.45. The van der Waals surface area contributed by atoms with Crippen molar-refractivity contribution in [3.05, 3.63) is 95.1 Å². The normalized spacial score (nSPS) is 19.7. The largest absolute Gasteiger partial charge is 0.480 e. The first kappa shape index (κ1) is 22.7. The Labute approximate surface area is 220 Å². The maximum Gasteiger partial charge on any atom is 0.323 e. The van der Waals surface area contributed by atoms with Crippen molar-refractivity contribution >= 4 is 39.9 Å². The standard InChI is InChI=1S/C32H26N2O4/c1-18-8-11-20(12-9-18)34-27-7-3-4-22(27)26-16-19(10-15-28(26)34)21-13-14-25-30-23(21)5-2-6-24(30)31(37)33(32(25)38)17-29(35)36/h2,5-6,8-16,22,27H,3-4,7,17H2,1H3,(H,35,36). The molecule has 2 aliphatic heterocycles. The number of fused-ring (bicyclic) bond motifs is 3. The number of carbonyl (C=O) groups is 3. The van der Waals surface area contributed by atoms with Gasteiger partial charge in [0.1, 0.15) is 6.54 Å². The number of nitrogens with zero attached hydrogens (tertiary/aromatic N) is 2. The van der Waals surface area contributed by atoms with Gasteiger partial charge in [-0.2, -0.15) is 0 Å². The molecule has 1 fully saturated rings. The molecule has 2 heterocycles. The molecule has 0 spiro atoms. The summed E-state index contributed by atoms with van der Waals surface area (Å²) in [4.78, 5) is 40.8. The summed E-state index contributed by atoms with van der Waals surface area (Å²) in [7, 11) is 0. The van der Waals surface area contributed by atoms with E-state index in [2.05, 4.69) is 54.3 Å². The quantitative estimate of drug-likeness (QED) is 0.332. The molecule has 4 aromatic carbocycles. The Morgan fingerprint density at radius 2 is 1.63 bits per heavy atom. The molecule has 0 saturated heterocycles. The second-order valence-corrected chi connectivity index (χ2v) is 10.6.